The molecular formula is C96H196N2O41. The van der Waals surface area contributed by atoms with Gasteiger partial charge in [0.15, 0.2) is 0 Å². The lowest BCUT2D eigenvalue weighted by molar-refractivity contribution is -0.0762. The summed E-state index contributed by atoms with van der Waals surface area (Å²) < 4.78 is 229. The maximum absolute atomic E-state index is 5.85. The van der Waals surface area contributed by atoms with E-state index in [2.05, 4.69) is 52.2 Å². The second-order valence-electron chi connectivity index (χ2n) is 31.6. The van der Waals surface area contributed by atoms with E-state index in [9.17, 15) is 0 Å². The number of rotatable bonds is 128. The molecule has 0 aliphatic rings. The molecule has 43 nitrogen and oxygen atoms in total. The number of hydrogen-bond donors (Lipinski definition) is 2. The van der Waals surface area contributed by atoms with Crippen LogP contribution in [-0.2, 0) is 194 Å². The first-order chi connectivity index (χ1) is 68.5. The highest BCUT2D eigenvalue weighted by molar-refractivity contribution is 4.65. The van der Waals surface area contributed by atoms with Gasteiger partial charge in [-0.3, -0.25) is 0 Å². The van der Waals surface area contributed by atoms with Gasteiger partial charge in [0.05, 0.1) is 539 Å². The van der Waals surface area contributed by atoms with Gasteiger partial charge in [0.25, 0.3) is 0 Å². The molecule has 0 aromatic heterocycles. The van der Waals surface area contributed by atoms with Crippen LogP contribution in [0, 0.1) is 0 Å². The molecule has 0 aliphatic carbocycles. The Bertz CT molecular complexity index is 2160. The van der Waals surface area contributed by atoms with Gasteiger partial charge in [0, 0.05) is 24.7 Å². The first-order valence-electron chi connectivity index (χ1n) is 50.8. The van der Waals surface area contributed by atoms with Crippen molar-refractivity contribution in [2.75, 3.05) is 515 Å². The average Bonchev–Trinajstić information content (AvgIpc) is 0.987. The fraction of sp³-hybridized carbons (Fsp3) is 1.00. The van der Waals surface area contributed by atoms with Crippen molar-refractivity contribution in [2.24, 2.45) is 0 Å². The molecule has 0 bridgehead atoms. The maximum Gasteiger partial charge on any atom is 0.0781 e. The SMILES string of the molecule is CC(C)NCC(C)OCC(C)OCC(C)OCCOCCOCCOCCOCCOCCOCCOCCOCCOCCOCCOCCOCCOCCOCCOCCOCCOCCOCCOCCOCCOCCOCCOCCOCCOCCOCCOCCOCCOCCOCCOCCOCCOCCOCCOCCOC(C)COC(C)COCC(C)NC(C)C. The molecule has 0 aromatic rings. The van der Waals surface area contributed by atoms with E-state index >= 15 is 0 Å². The van der Waals surface area contributed by atoms with Crippen molar-refractivity contribution < 1.29 is 194 Å². The number of ether oxygens (including phenoxy) is 41. The molecule has 0 rings (SSSR count). The Morgan fingerprint density at radius 1 is 0.115 bits per heavy atom. The maximum atomic E-state index is 5.85. The lowest BCUT2D eigenvalue weighted by Crippen LogP contribution is -2.36. The van der Waals surface area contributed by atoms with Gasteiger partial charge in [0.1, 0.15) is 0 Å². The molecule has 0 fully saturated rings. The Hall–Kier alpha value is -1.72. The second-order valence-corrected chi connectivity index (χ2v) is 31.6. The second kappa shape index (κ2) is 121. The summed E-state index contributed by atoms with van der Waals surface area (Å²) in [6.45, 7) is 58.8. The smallest absolute Gasteiger partial charge is 0.0781 e. The molecule has 0 radical (unpaired) electrons. The minimum atomic E-state index is -0.0293. The zero-order valence-corrected chi connectivity index (χ0v) is 87.5. The summed E-state index contributed by atoms with van der Waals surface area (Å²) in [6.07, 6.45) is 0.0836. The Labute approximate surface area is 834 Å². The van der Waals surface area contributed by atoms with Crippen LogP contribution in [0.15, 0.2) is 0 Å². The molecule has 0 saturated heterocycles. The van der Waals surface area contributed by atoms with Crippen molar-refractivity contribution in [3.8, 4) is 0 Å². The summed E-state index contributed by atoms with van der Waals surface area (Å²) in [7, 11) is 0. The van der Waals surface area contributed by atoms with Gasteiger partial charge in [-0.05, 0) is 41.5 Å². The predicted molar refractivity (Wildman–Crippen MR) is 517 cm³/mol. The summed E-state index contributed by atoms with van der Waals surface area (Å²) in [5.74, 6) is 0. The van der Waals surface area contributed by atoms with Gasteiger partial charge < -0.3 is 205 Å². The van der Waals surface area contributed by atoms with E-state index in [-0.39, 0.29) is 30.5 Å². The lowest BCUT2D eigenvalue weighted by Gasteiger charge is -2.21. The summed E-state index contributed by atoms with van der Waals surface area (Å²) in [5, 5.41) is 6.79. The zero-order valence-electron chi connectivity index (χ0n) is 87.5. The molecule has 0 spiro atoms. The van der Waals surface area contributed by atoms with E-state index < -0.39 is 0 Å². The molecule has 43 heteroatoms. The third kappa shape index (κ3) is 125. The van der Waals surface area contributed by atoms with Crippen LogP contribution in [0.1, 0.15) is 69.2 Å². The van der Waals surface area contributed by atoms with Crippen molar-refractivity contribution in [2.45, 2.75) is 118 Å². The first kappa shape index (κ1) is 137. The van der Waals surface area contributed by atoms with Gasteiger partial charge in [-0.1, -0.05) is 27.7 Å². The summed E-state index contributed by atoms with van der Waals surface area (Å²) in [6, 6.07) is 1.18. The van der Waals surface area contributed by atoms with Crippen molar-refractivity contribution in [1.29, 1.82) is 0 Å². The monoisotopic (exact) mass is 2030 g/mol. The molecule has 0 amide bonds. The standard InChI is InChI=1S/C96H196N2O41/c1-89(2)97-83-92(6)137-88-96(10)139-87-95(9)136-82-80-133-78-76-131-74-72-129-70-68-127-66-64-125-62-60-123-58-56-121-54-52-119-50-48-117-46-44-115-42-40-113-38-36-111-34-32-109-30-28-107-26-24-105-22-20-103-18-16-101-14-12-99-11-13-100-15-17-102-19-21-104-23-25-106-27-29-108-31-33-110-35-37-112-39-41-114-43-45-116-47-49-118-51-53-120-55-57-122-59-61-124-63-65-126-67-69-128-71-73-130-75-77-132-79-81-135-94(8)86-138-93(7)85-134-84-91(5)98-90(3)4/h89-98H,11-88H2,1-10H3. The van der Waals surface area contributed by atoms with Crippen molar-refractivity contribution in [1.82, 2.24) is 10.6 Å². The molecule has 0 saturated carbocycles. The van der Waals surface area contributed by atoms with Crippen LogP contribution in [0.4, 0.5) is 0 Å². The molecule has 0 heterocycles. The minimum absolute atomic E-state index is 0.000283. The van der Waals surface area contributed by atoms with Gasteiger partial charge in [-0.15, -0.1) is 0 Å². The van der Waals surface area contributed by atoms with Gasteiger partial charge >= 0.3 is 0 Å². The van der Waals surface area contributed by atoms with E-state index in [1.807, 2.05) is 27.7 Å². The van der Waals surface area contributed by atoms with Crippen LogP contribution in [-0.4, -0.2) is 564 Å². The fourth-order valence-corrected chi connectivity index (χ4v) is 10.8. The molecule has 0 aliphatic heterocycles. The predicted octanol–water partition coefficient (Wildman–Crippen LogP) is 3.99. The normalized spacial score (nSPS) is 13.4. The van der Waals surface area contributed by atoms with Gasteiger partial charge in [-0.2, -0.15) is 0 Å². The summed E-state index contributed by atoms with van der Waals surface area (Å²) in [4.78, 5) is 0. The zero-order chi connectivity index (χ0) is 100. The van der Waals surface area contributed by atoms with E-state index in [0.29, 0.717) is 527 Å². The van der Waals surface area contributed by atoms with Crippen LogP contribution in [0.3, 0.4) is 0 Å². The van der Waals surface area contributed by atoms with Gasteiger partial charge in [0.2, 0.25) is 0 Å². The summed E-state index contributed by atoms with van der Waals surface area (Å²) >= 11 is 0. The van der Waals surface area contributed by atoms with E-state index in [1.54, 1.807) is 0 Å². The number of hydrogen-bond acceptors (Lipinski definition) is 43. The van der Waals surface area contributed by atoms with E-state index in [4.69, 9.17) is 194 Å². The fourth-order valence-electron chi connectivity index (χ4n) is 10.8. The Morgan fingerprint density at radius 2 is 0.237 bits per heavy atom. The lowest BCUT2D eigenvalue weighted by atomic mass is 10.3. The van der Waals surface area contributed by atoms with Crippen molar-refractivity contribution >= 4 is 0 Å². The molecule has 2 N–H and O–H groups in total. The van der Waals surface area contributed by atoms with E-state index in [0.717, 1.165) is 6.54 Å². The van der Waals surface area contributed by atoms with E-state index in [1.165, 1.54) is 0 Å². The van der Waals surface area contributed by atoms with Crippen LogP contribution < -0.4 is 10.6 Å². The molecule has 0 aromatic carbocycles. The minimum Gasteiger partial charge on any atom is -0.377 e. The topological polar surface area (TPSA) is 402 Å². The summed E-state index contributed by atoms with van der Waals surface area (Å²) in [5.41, 5.74) is 0. The average molecular weight is 2030 g/mol. The highest BCUT2D eigenvalue weighted by Crippen LogP contribution is 2.04. The van der Waals surface area contributed by atoms with Crippen LogP contribution in [0.2, 0.25) is 0 Å². The van der Waals surface area contributed by atoms with Gasteiger partial charge in [-0.25, -0.2) is 0 Å². The number of nitrogens with one attached hydrogen (secondary N) is 2. The quantitative estimate of drug-likeness (QED) is 0.0813. The van der Waals surface area contributed by atoms with Crippen molar-refractivity contribution in [3.63, 3.8) is 0 Å². The molecular weight excluding hydrogens is 1840 g/mol. The van der Waals surface area contributed by atoms with Crippen LogP contribution in [0.25, 0.3) is 0 Å². The molecule has 139 heavy (non-hydrogen) atoms. The Kier molecular flexibility index (Phi) is 120. The molecule has 836 valence electrons. The first-order valence-corrected chi connectivity index (χ1v) is 50.8. The third-order valence-corrected chi connectivity index (χ3v) is 17.9. The third-order valence-electron chi connectivity index (χ3n) is 17.9. The Morgan fingerprint density at radius 3 is 0.374 bits per heavy atom. The Balaban J connectivity index is 3.15. The van der Waals surface area contributed by atoms with Crippen molar-refractivity contribution in [3.05, 3.63) is 0 Å². The molecule has 6 unspecified atom stereocenters. The molecule has 6 atom stereocenters. The largest absolute Gasteiger partial charge is 0.377 e. The highest BCUT2D eigenvalue weighted by atomic mass is 16.6. The highest BCUT2D eigenvalue weighted by Gasteiger charge is 2.14. The van der Waals surface area contributed by atoms with Crippen LogP contribution in [0.5, 0.6) is 0 Å². The van der Waals surface area contributed by atoms with Crippen LogP contribution >= 0.6 is 0 Å².